The van der Waals surface area contributed by atoms with Crippen molar-refractivity contribution in [3.8, 4) is 0 Å². The van der Waals surface area contributed by atoms with E-state index in [2.05, 4.69) is 20.4 Å². The molecule has 3 rings (SSSR count). The molecule has 22 heavy (non-hydrogen) atoms. The summed E-state index contributed by atoms with van der Waals surface area (Å²) >= 11 is 5.10. The Morgan fingerprint density at radius 3 is 2.95 bits per heavy atom. The Labute approximate surface area is 144 Å². The van der Waals surface area contributed by atoms with Gasteiger partial charge in [-0.25, -0.2) is 9.97 Å². The molecule has 0 saturated carbocycles. The van der Waals surface area contributed by atoms with Crippen molar-refractivity contribution in [2.75, 3.05) is 12.0 Å². The summed E-state index contributed by atoms with van der Waals surface area (Å²) in [6, 6.07) is 0. The zero-order chi connectivity index (χ0) is 15.7. The predicted octanol–water partition coefficient (Wildman–Crippen LogP) is 4.93. The van der Waals surface area contributed by atoms with E-state index < -0.39 is 0 Å². The number of rotatable bonds is 5. The lowest BCUT2D eigenvalue weighted by Gasteiger charge is -2.33. The van der Waals surface area contributed by atoms with Gasteiger partial charge in [-0.15, -0.1) is 29.7 Å². The van der Waals surface area contributed by atoms with Crippen molar-refractivity contribution < 1.29 is 4.74 Å². The SMILES string of the molecule is C=CCSc1nc(SC)nc2sc3c(c12)C[C@](C)(CC)OC3. The molecule has 0 N–H and O–H groups in total. The molecule has 0 unspecified atom stereocenters. The van der Waals surface area contributed by atoms with E-state index in [9.17, 15) is 0 Å². The van der Waals surface area contributed by atoms with Crippen LogP contribution in [0.5, 0.6) is 0 Å². The average Bonchev–Trinajstić information content (AvgIpc) is 2.89. The summed E-state index contributed by atoms with van der Waals surface area (Å²) in [7, 11) is 0. The van der Waals surface area contributed by atoms with Gasteiger partial charge in [-0.2, -0.15) is 0 Å². The van der Waals surface area contributed by atoms with Crippen LogP contribution in [0.25, 0.3) is 10.2 Å². The summed E-state index contributed by atoms with van der Waals surface area (Å²) < 4.78 is 6.08. The van der Waals surface area contributed by atoms with Crippen LogP contribution >= 0.6 is 34.9 Å². The Morgan fingerprint density at radius 2 is 2.27 bits per heavy atom. The molecule has 3 nitrogen and oxygen atoms in total. The topological polar surface area (TPSA) is 35.0 Å². The minimum atomic E-state index is -0.0699. The summed E-state index contributed by atoms with van der Waals surface area (Å²) in [6.45, 7) is 8.91. The first-order valence-corrected chi connectivity index (χ1v) is 10.4. The van der Waals surface area contributed by atoms with Crippen LogP contribution in [0.15, 0.2) is 22.8 Å². The van der Waals surface area contributed by atoms with E-state index in [0.29, 0.717) is 6.61 Å². The van der Waals surface area contributed by atoms with E-state index in [1.54, 1.807) is 34.9 Å². The number of ether oxygens (including phenoxy) is 1. The van der Waals surface area contributed by atoms with Crippen LogP contribution < -0.4 is 0 Å². The molecule has 1 atom stereocenters. The maximum Gasteiger partial charge on any atom is 0.189 e. The third-order valence-electron chi connectivity index (χ3n) is 4.05. The number of thioether (sulfide) groups is 2. The van der Waals surface area contributed by atoms with Gasteiger partial charge in [0.05, 0.1) is 12.2 Å². The first-order chi connectivity index (χ1) is 10.6. The van der Waals surface area contributed by atoms with E-state index in [1.807, 2.05) is 12.3 Å². The molecule has 0 aromatic carbocycles. The molecule has 0 fully saturated rings. The molecule has 1 aliphatic rings. The minimum Gasteiger partial charge on any atom is -0.369 e. The van der Waals surface area contributed by atoms with Crippen LogP contribution in [0.2, 0.25) is 0 Å². The van der Waals surface area contributed by atoms with Gasteiger partial charge in [0, 0.05) is 22.4 Å². The normalized spacial score (nSPS) is 21.0. The number of hydrogen-bond donors (Lipinski definition) is 0. The first kappa shape index (κ1) is 16.3. The standard InChI is InChI=1S/C16H20N2OS3/c1-5-7-21-13-12-10-8-16(3,6-2)19-9-11(10)22-14(12)18-15(17-13)20-4/h5H,1,6-9H2,2-4H3/t16-/m0/s1. The van der Waals surface area contributed by atoms with Crippen LogP contribution in [-0.2, 0) is 17.8 Å². The smallest absolute Gasteiger partial charge is 0.189 e. The highest BCUT2D eigenvalue weighted by atomic mass is 32.2. The molecule has 2 aromatic rings. The Hall–Kier alpha value is -0.560. The predicted molar refractivity (Wildman–Crippen MR) is 97.3 cm³/mol. The quantitative estimate of drug-likeness (QED) is 0.330. The van der Waals surface area contributed by atoms with Crippen molar-refractivity contribution in [1.29, 1.82) is 0 Å². The van der Waals surface area contributed by atoms with Gasteiger partial charge in [-0.05, 0) is 25.2 Å². The second-order valence-electron chi connectivity index (χ2n) is 5.57. The molecule has 118 valence electrons. The van der Waals surface area contributed by atoms with E-state index in [1.165, 1.54) is 15.8 Å². The van der Waals surface area contributed by atoms with E-state index >= 15 is 0 Å². The lowest BCUT2D eigenvalue weighted by atomic mass is 9.90. The summed E-state index contributed by atoms with van der Waals surface area (Å²) in [5, 5.41) is 3.18. The minimum absolute atomic E-state index is 0.0699. The van der Waals surface area contributed by atoms with E-state index in [4.69, 9.17) is 14.7 Å². The Balaban J connectivity index is 2.15. The van der Waals surface area contributed by atoms with Crippen molar-refractivity contribution in [1.82, 2.24) is 9.97 Å². The fourth-order valence-corrected chi connectivity index (χ4v) is 5.02. The summed E-state index contributed by atoms with van der Waals surface area (Å²) in [6.07, 6.45) is 5.91. The Kier molecular flexibility index (Phi) is 4.83. The van der Waals surface area contributed by atoms with Gasteiger partial charge < -0.3 is 4.74 Å². The van der Waals surface area contributed by atoms with Crippen LogP contribution in [0.1, 0.15) is 30.7 Å². The molecular weight excluding hydrogens is 332 g/mol. The summed E-state index contributed by atoms with van der Waals surface area (Å²) in [5.74, 6) is 0.867. The molecule has 3 heterocycles. The molecule has 0 saturated heterocycles. The maximum absolute atomic E-state index is 6.08. The fraction of sp³-hybridized carbons (Fsp3) is 0.500. The molecule has 0 aliphatic carbocycles. The lowest BCUT2D eigenvalue weighted by Crippen LogP contribution is -2.33. The highest BCUT2D eigenvalue weighted by molar-refractivity contribution is 7.99. The highest BCUT2D eigenvalue weighted by Crippen LogP contribution is 2.42. The third kappa shape index (κ3) is 2.94. The van der Waals surface area contributed by atoms with Crippen LogP contribution in [0, 0.1) is 0 Å². The van der Waals surface area contributed by atoms with Crippen molar-refractivity contribution >= 4 is 45.1 Å². The van der Waals surface area contributed by atoms with Gasteiger partial charge in [0.1, 0.15) is 9.86 Å². The fourth-order valence-electron chi connectivity index (χ4n) is 2.58. The number of fused-ring (bicyclic) bond motifs is 3. The third-order valence-corrected chi connectivity index (χ3v) is 6.67. The molecule has 6 heteroatoms. The van der Waals surface area contributed by atoms with Gasteiger partial charge >= 0.3 is 0 Å². The summed E-state index contributed by atoms with van der Waals surface area (Å²) in [5.41, 5.74) is 1.33. The van der Waals surface area contributed by atoms with Crippen LogP contribution in [-0.4, -0.2) is 27.6 Å². The molecule has 0 spiro atoms. The largest absolute Gasteiger partial charge is 0.369 e. The number of aromatic nitrogens is 2. The van der Waals surface area contributed by atoms with E-state index in [-0.39, 0.29) is 5.60 Å². The Bertz CT molecular complexity index is 713. The van der Waals surface area contributed by atoms with Gasteiger partial charge in [-0.3, -0.25) is 0 Å². The number of thiophene rings is 1. The zero-order valence-corrected chi connectivity index (χ0v) is 15.6. The van der Waals surface area contributed by atoms with Gasteiger partial charge in [0.2, 0.25) is 0 Å². The molecule has 0 radical (unpaired) electrons. The van der Waals surface area contributed by atoms with Crippen molar-refractivity contribution in [3.63, 3.8) is 0 Å². The second-order valence-corrected chi connectivity index (χ2v) is 8.43. The summed E-state index contributed by atoms with van der Waals surface area (Å²) in [4.78, 5) is 11.9. The lowest BCUT2D eigenvalue weighted by molar-refractivity contribution is -0.0543. The van der Waals surface area contributed by atoms with Gasteiger partial charge in [-0.1, -0.05) is 24.8 Å². The highest BCUT2D eigenvalue weighted by Gasteiger charge is 2.33. The molecule has 1 aliphatic heterocycles. The number of nitrogens with zero attached hydrogens (tertiary/aromatic N) is 2. The second kappa shape index (κ2) is 6.51. The van der Waals surface area contributed by atoms with Crippen LogP contribution in [0.4, 0.5) is 0 Å². The van der Waals surface area contributed by atoms with Crippen molar-refractivity contribution in [2.24, 2.45) is 0 Å². The van der Waals surface area contributed by atoms with Crippen molar-refractivity contribution in [3.05, 3.63) is 23.1 Å². The monoisotopic (exact) mass is 352 g/mol. The first-order valence-electron chi connectivity index (χ1n) is 7.34. The zero-order valence-electron chi connectivity index (χ0n) is 13.1. The molecule has 0 amide bonds. The number of hydrogen-bond acceptors (Lipinski definition) is 6. The maximum atomic E-state index is 6.08. The Morgan fingerprint density at radius 1 is 1.45 bits per heavy atom. The van der Waals surface area contributed by atoms with E-state index in [0.717, 1.165) is 33.6 Å². The van der Waals surface area contributed by atoms with Gasteiger partial charge in [0.25, 0.3) is 0 Å². The van der Waals surface area contributed by atoms with Crippen molar-refractivity contribution in [2.45, 2.75) is 49.1 Å². The van der Waals surface area contributed by atoms with Gasteiger partial charge in [0.15, 0.2) is 5.16 Å². The average molecular weight is 353 g/mol. The molecule has 0 bridgehead atoms. The molecule has 2 aromatic heterocycles. The van der Waals surface area contributed by atoms with Crippen LogP contribution in [0.3, 0.4) is 0 Å². The molecular formula is C16H20N2OS3.